The summed E-state index contributed by atoms with van der Waals surface area (Å²) in [4.78, 5) is 28.0. The van der Waals surface area contributed by atoms with Gasteiger partial charge in [-0.2, -0.15) is 0 Å². The number of likely N-dealkylation sites (tertiary alicyclic amines) is 1. The Labute approximate surface area is 163 Å². The van der Waals surface area contributed by atoms with Crippen LogP contribution < -0.4 is 0 Å². The molecule has 0 aromatic rings. The topological polar surface area (TPSA) is 46.6 Å². The fourth-order valence-electron chi connectivity index (χ4n) is 8.48. The molecule has 1 saturated heterocycles. The molecule has 27 heavy (non-hydrogen) atoms. The molecule has 0 N–H and O–H groups in total. The van der Waals surface area contributed by atoms with Crippen LogP contribution in [0.2, 0.25) is 0 Å². The highest BCUT2D eigenvalue weighted by Crippen LogP contribution is 2.60. The molecule has 6 fully saturated rings. The number of nitrogens with zero attached hydrogens (tertiary/aromatic N) is 1. The Morgan fingerprint density at radius 3 is 2.11 bits per heavy atom. The van der Waals surface area contributed by atoms with Crippen LogP contribution in [0.15, 0.2) is 0 Å². The van der Waals surface area contributed by atoms with E-state index in [0.717, 1.165) is 56.4 Å². The molecule has 2 atom stereocenters. The number of amides is 1. The van der Waals surface area contributed by atoms with Gasteiger partial charge in [-0.05, 0) is 86.4 Å². The van der Waals surface area contributed by atoms with Crippen molar-refractivity contribution in [2.45, 2.75) is 84.6 Å². The summed E-state index contributed by atoms with van der Waals surface area (Å²) >= 11 is 0. The van der Waals surface area contributed by atoms with Gasteiger partial charge in [0, 0.05) is 12.6 Å². The molecule has 0 aromatic heterocycles. The molecule has 4 nitrogen and oxygen atoms in total. The molecule has 2 unspecified atom stereocenters. The van der Waals surface area contributed by atoms with Crippen molar-refractivity contribution in [2.75, 3.05) is 13.2 Å². The van der Waals surface area contributed by atoms with Gasteiger partial charge in [0.25, 0.3) is 5.91 Å². The molecule has 0 aromatic carbocycles. The molecule has 1 aliphatic heterocycles. The molecule has 1 amide bonds. The number of esters is 1. The van der Waals surface area contributed by atoms with Gasteiger partial charge in [0.15, 0.2) is 6.61 Å². The van der Waals surface area contributed by atoms with Gasteiger partial charge in [0.05, 0.1) is 5.41 Å². The van der Waals surface area contributed by atoms with Crippen molar-refractivity contribution < 1.29 is 14.3 Å². The van der Waals surface area contributed by atoms with E-state index in [1.54, 1.807) is 0 Å². The Morgan fingerprint density at radius 1 is 0.926 bits per heavy atom. The third-order valence-corrected chi connectivity index (χ3v) is 8.53. The number of ether oxygens (including phenoxy) is 1. The van der Waals surface area contributed by atoms with Crippen molar-refractivity contribution in [3.8, 4) is 0 Å². The van der Waals surface area contributed by atoms with Crippen LogP contribution in [-0.2, 0) is 14.3 Å². The first kappa shape index (κ1) is 18.0. The van der Waals surface area contributed by atoms with E-state index in [0.29, 0.717) is 11.5 Å². The van der Waals surface area contributed by atoms with Crippen molar-refractivity contribution in [1.29, 1.82) is 0 Å². The molecule has 0 radical (unpaired) electrons. The quantitative estimate of drug-likeness (QED) is 0.698. The van der Waals surface area contributed by atoms with Crippen LogP contribution in [0, 0.1) is 34.0 Å². The zero-order valence-corrected chi connectivity index (χ0v) is 17.3. The lowest BCUT2D eigenvalue weighted by Crippen LogP contribution is -2.51. The van der Waals surface area contributed by atoms with E-state index < -0.39 is 0 Å². The second-order valence-electron chi connectivity index (χ2n) is 12.0. The average Bonchev–Trinajstić information content (AvgIpc) is 2.80. The second kappa shape index (κ2) is 5.73. The molecule has 5 aliphatic carbocycles. The highest BCUT2D eigenvalue weighted by Gasteiger charge is 2.56. The molecule has 6 bridgehead atoms. The van der Waals surface area contributed by atoms with Gasteiger partial charge in [-0.15, -0.1) is 0 Å². The fourth-order valence-corrected chi connectivity index (χ4v) is 8.48. The Kier molecular flexibility index (Phi) is 3.82. The third kappa shape index (κ3) is 3.02. The summed E-state index contributed by atoms with van der Waals surface area (Å²) in [6.07, 6.45) is 10.3. The molecular formula is C23H35NO3. The van der Waals surface area contributed by atoms with Gasteiger partial charge >= 0.3 is 5.97 Å². The number of carbonyl (C=O) groups excluding carboxylic acids is 2. The summed E-state index contributed by atoms with van der Waals surface area (Å²) in [5.74, 6) is 2.13. The maximum atomic E-state index is 13.0. The van der Waals surface area contributed by atoms with Gasteiger partial charge in [0.2, 0.25) is 0 Å². The van der Waals surface area contributed by atoms with Crippen molar-refractivity contribution in [1.82, 2.24) is 4.90 Å². The first-order valence-electron chi connectivity index (χ1n) is 11.1. The van der Waals surface area contributed by atoms with E-state index >= 15 is 0 Å². The maximum Gasteiger partial charge on any atom is 0.312 e. The second-order valence-corrected chi connectivity index (χ2v) is 12.0. The third-order valence-electron chi connectivity index (χ3n) is 8.53. The SMILES string of the molecule is CC1(C)CC2CC(C)(CN2C(=O)COC(=O)C23CC4CC(CC(C4)C2)C3)C1. The van der Waals surface area contributed by atoms with Gasteiger partial charge in [0.1, 0.15) is 0 Å². The fraction of sp³-hybridized carbons (Fsp3) is 0.913. The van der Waals surface area contributed by atoms with E-state index in [-0.39, 0.29) is 29.3 Å². The van der Waals surface area contributed by atoms with E-state index in [1.807, 2.05) is 4.90 Å². The van der Waals surface area contributed by atoms with Gasteiger partial charge in [-0.1, -0.05) is 20.8 Å². The maximum absolute atomic E-state index is 13.0. The monoisotopic (exact) mass is 373 g/mol. The summed E-state index contributed by atoms with van der Waals surface area (Å²) in [6, 6.07) is 0.324. The molecule has 4 heteroatoms. The van der Waals surface area contributed by atoms with Gasteiger partial charge in [-0.3, -0.25) is 9.59 Å². The first-order chi connectivity index (χ1) is 12.7. The lowest BCUT2D eigenvalue weighted by molar-refractivity contribution is -0.174. The Bertz CT molecular complexity index is 633. The lowest BCUT2D eigenvalue weighted by Gasteiger charge is -2.55. The minimum Gasteiger partial charge on any atom is -0.455 e. The zero-order valence-electron chi connectivity index (χ0n) is 17.3. The summed E-state index contributed by atoms with van der Waals surface area (Å²) < 4.78 is 5.70. The van der Waals surface area contributed by atoms with Crippen molar-refractivity contribution in [3.63, 3.8) is 0 Å². The molecule has 6 aliphatic rings. The molecule has 150 valence electrons. The predicted octanol–water partition coefficient (Wildman–Crippen LogP) is 4.17. The number of rotatable bonds is 3. The van der Waals surface area contributed by atoms with Crippen LogP contribution in [0.5, 0.6) is 0 Å². The normalized spacial score (nSPS) is 46.6. The first-order valence-corrected chi connectivity index (χ1v) is 11.1. The Balaban J connectivity index is 1.22. The van der Waals surface area contributed by atoms with Crippen LogP contribution in [-0.4, -0.2) is 36.0 Å². The number of hydrogen-bond donors (Lipinski definition) is 0. The lowest BCUT2D eigenvalue weighted by atomic mass is 9.49. The summed E-state index contributed by atoms with van der Waals surface area (Å²) in [7, 11) is 0. The van der Waals surface area contributed by atoms with E-state index in [2.05, 4.69) is 20.8 Å². The van der Waals surface area contributed by atoms with Crippen LogP contribution in [0.3, 0.4) is 0 Å². The number of hydrogen-bond acceptors (Lipinski definition) is 3. The number of fused-ring (bicyclic) bond motifs is 2. The summed E-state index contributed by atoms with van der Waals surface area (Å²) in [5, 5.41) is 0. The smallest absolute Gasteiger partial charge is 0.312 e. The van der Waals surface area contributed by atoms with E-state index in [9.17, 15) is 9.59 Å². The Morgan fingerprint density at radius 2 is 1.52 bits per heavy atom. The molecule has 1 heterocycles. The molecule has 5 saturated carbocycles. The molecule has 6 rings (SSSR count). The van der Waals surface area contributed by atoms with Gasteiger partial charge in [-0.25, -0.2) is 0 Å². The van der Waals surface area contributed by atoms with E-state index in [1.165, 1.54) is 25.7 Å². The van der Waals surface area contributed by atoms with E-state index in [4.69, 9.17) is 4.74 Å². The standard InChI is InChI=1S/C23H35NO3/c1-21(2)10-18-11-22(3,13-21)14-24(18)19(25)12-27-20(26)23-7-15-4-16(8-23)6-17(5-15)9-23/h15-18H,4-14H2,1-3H3. The van der Waals surface area contributed by atoms with Crippen molar-refractivity contribution >= 4 is 11.9 Å². The van der Waals surface area contributed by atoms with Gasteiger partial charge < -0.3 is 9.64 Å². The summed E-state index contributed by atoms with van der Waals surface area (Å²) in [5.41, 5.74) is 0.262. The summed E-state index contributed by atoms with van der Waals surface area (Å²) in [6.45, 7) is 7.73. The molecule has 0 spiro atoms. The highest BCUT2D eigenvalue weighted by atomic mass is 16.5. The molecular weight excluding hydrogens is 338 g/mol. The largest absolute Gasteiger partial charge is 0.455 e. The predicted molar refractivity (Wildman–Crippen MR) is 103 cm³/mol. The minimum atomic E-state index is -0.260. The highest BCUT2D eigenvalue weighted by molar-refractivity contribution is 5.83. The van der Waals surface area contributed by atoms with Crippen LogP contribution in [0.1, 0.15) is 78.6 Å². The Hall–Kier alpha value is -1.06. The minimum absolute atomic E-state index is 0.0273. The zero-order chi connectivity index (χ0) is 19.0. The van der Waals surface area contributed by atoms with Crippen molar-refractivity contribution in [3.05, 3.63) is 0 Å². The van der Waals surface area contributed by atoms with Crippen LogP contribution in [0.25, 0.3) is 0 Å². The number of carbonyl (C=O) groups is 2. The van der Waals surface area contributed by atoms with Crippen LogP contribution >= 0.6 is 0 Å². The average molecular weight is 374 g/mol. The van der Waals surface area contributed by atoms with Crippen LogP contribution in [0.4, 0.5) is 0 Å². The van der Waals surface area contributed by atoms with Crippen molar-refractivity contribution in [2.24, 2.45) is 34.0 Å².